The number of halogens is 1. The van der Waals surface area contributed by atoms with Crippen molar-refractivity contribution in [1.82, 2.24) is 4.90 Å². The van der Waals surface area contributed by atoms with E-state index < -0.39 is 17.7 Å². The molecular formula is C24H20ClNO5. The average molecular weight is 438 g/mol. The lowest BCUT2D eigenvalue weighted by Crippen LogP contribution is -2.29. The van der Waals surface area contributed by atoms with Crippen LogP contribution in [0.3, 0.4) is 0 Å². The molecule has 2 heterocycles. The first-order valence-electron chi connectivity index (χ1n) is 9.79. The predicted molar refractivity (Wildman–Crippen MR) is 115 cm³/mol. The van der Waals surface area contributed by atoms with E-state index in [9.17, 15) is 19.8 Å². The normalized spacial score (nSPS) is 18.0. The number of benzene rings is 2. The molecule has 2 aromatic carbocycles. The Labute approximate surface area is 184 Å². The van der Waals surface area contributed by atoms with E-state index in [1.54, 1.807) is 30.3 Å². The third-order valence-electron chi connectivity index (χ3n) is 5.37. The van der Waals surface area contributed by atoms with E-state index in [0.29, 0.717) is 16.9 Å². The van der Waals surface area contributed by atoms with E-state index in [-0.39, 0.29) is 28.6 Å². The zero-order chi connectivity index (χ0) is 22.1. The molecule has 1 amide bonds. The zero-order valence-corrected chi connectivity index (χ0v) is 17.5. The van der Waals surface area contributed by atoms with Gasteiger partial charge in [-0.3, -0.25) is 9.59 Å². The summed E-state index contributed by atoms with van der Waals surface area (Å²) in [6, 6.07) is 14.1. The zero-order valence-electron chi connectivity index (χ0n) is 16.7. The summed E-state index contributed by atoms with van der Waals surface area (Å²) in [5.74, 6) is -1.44. The fourth-order valence-corrected chi connectivity index (χ4v) is 3.90. The molecule has 2 N–H and O–H groups in total. The van der Waals surface area contributed by atoms with Crippen molar-refractivity contribution in [3.05, 3.63) is 93.9 Å². The van der Waals surface area contributed by atoms with Crippen molar-refractivity contribution in [2.75, 3.05) is 0 Å². The van der Waals surface area contributed by atoms with E-state index in [1.807, 2.05) is 19.1 Å². The van der Waals surface area contributed by atoms with Gasteiger partial charge in [0.05, 0.1) is 29.4 Å². The molecule has 6 nitrogen and oxygen atoms in total. The van der Waals surface area contributed by atoms with Crippen LogP contribution in [0.15, 0.2) is 70.9 Å². The highest BCUT2D eigenvalue weighted by atomic mass is 35.5. The molecule has 1 aliphatic rings. The number of amides is 1. The summed E-state index contributed by atoms with van der Waals surface area (Å²) < 4.78 is 5.36. The number of aromatic hydroxyl groups is 1. The molecule has 1 saturated heterocycles. The second kappa shape index (κ2) is 8.32. The van der Waals surface area contributed by atoms with Crippen molar-refractivity contribution in [2.24, 2.45) is 0 Å². The van der Waals surface area contributed by atoms with Crippen LogP contribution in [0.4, 0.5) is 0 Å². The Bertz CT molecular complexity index is 1170. The topological polar surface area (TPSA) is 91.0 Å². The number of furan rings is 1. The van der Waals surface area contributed by atoms with Gasteiger partial charge in [0.15, 0.2) is 0 Å². The van der Waals surface area contributed by atoms with Crippen molar-refractivity contribution in [1.29, 1.82) is 0 Å². The molecule has 4 rings (SSSR count). The number of aliphatic hydroxyl groups excluding tert-OH is 1. The van der Waals surface area contributed by atoms with Crippen LogP contribution in [0.1, 0.15) is 35.4 Å². The minimum absolute atomic E-state index is 0.0340. The molecular weight excluding hydrogens is 418 g/mol. The van der Waals surface area contributed by atoms with Crippen molar-refractivity contribution in [3.8, 4) is 5.75 Å². The number of ketones is 1. The van der Waals surface area contributed by atoms with Crippen molar-refractivity contribution in [2.45, 2.75) is 25.9 Å². The minimum atomic E-state index is -0.894. The maximum absolute atomic E-state index is 13.0. The van der Waals surface area contributed by atoms with E-state index in [2.05, 4.69) is 0 Å². The molecule has 1 aromatic heterocycles. The number of hydrogen-bond donors (Lipinski definition) is 2. The van der Waals surface area contributed by atoms with E-state index >= 15 is 0 Å². The molecule has 0 radical (unpaired) electrons. The number of hydrogen-bond acceptors (Lipinski definition) is 5. The van der Waals surface area contributed by atoms with Gasteiger partial charge in [-0.25, -0.2) is 0 Å². The number of rotatable bonds is 5. The van der Waals surface area contributed by atoms with Crippen LogP contribution >= 0.6 is 11.6 Å². The quantitative estimate of drug-likeness (QED) is 0.339. The molecule has 7 heteroatoms. The lowest BCUT2D eigenvalue weighted by atomic mass is 9.94. The Balaban J connectivity index is 1.87. The molecule has 31 heavy (non-hydrogen) atoms. The van der Waals surface area contributed by atoms with Gasteiger partial charge in [0.1, 0.15) is 17.3 Å². The first kappa shape index (κ1) is 20.8. The smallest absolute Gasteiger partial charge is 0.296 e. The van der Waals surface area contributed by atoms with Crippen LogP contribution in [0.5, 0.6) is 5.75 Å². The molecule has 0 aliphatic carbocycles. The molecule has 1 aliphatic heterocycles. The summed E-state index contributed by atoms with van der Waals surface area (Å²) in [4.78, 5) is 27.2. The third kappa shape index (κ3) is 3.82. The van der Waals surface area contributed by atoms with Gasteiger partial charge in [0, 0.05) is 5.56 Å². The lowest BCUT2D eigenvalue weighted by molar-refractivity contribution is -0.140. The third-order valence-corrected chi connectivity index (χ3v) is 5.67. The van der Waals surface area contributed by atoms with Crippen LogP contribution in [0.2, 0.25) is 5.02 Å². The van der Waals surface area contributed by atoms with Gasteiger partial charge in [-0.1, -0.05) is 48.9 Å². The predicted octanol–water partition coefficient (Wildman–Crippen LogP) is 4.82. The minimum Gasteiger partial charge on any atom is -0.507 e. The summed E-state index contributed by atoms with van der Waals surface area (Å²) in [5, 5.41) is 20.9. The summed E-state index contributed by atoms with van der Waals surface area (Å²) in [6.07, 6.45) is 2.31. The molecule has 0 spiro atoms. The maximum Gasteiger partial charge on any atom is 0.296 e. The number of carbonyl (C=O) groups excluding carboxylic acids is 2. The number of Topliss-reactive ketones (excluding diaryl/α,β-unsaturated/α-hetero) is 1. The van der Waals surface area contributed by atoms with Gasteiger partial charge in [-0.15, -0.1) is 0 Å². The number of nitrogens with zero attached hydrogens (tertiary/aromatic N) is 1. The number of phenolic OH excluding ortho intramolecular Hbond substituents is 1. The molecule has 1 unspecified atom stereocenters. The van der Waals surface area contributed by atoms with Crippen LogP contribution in [-0.4, -0.2) is 26.8 Å². The van der Waals surface area contributed by atoms with Crippen LogP contribution in [-0.2, 0) is 22.6 Å². The average Bonchev–Trinajstić information content (AvgIpc) is 3.38. The maximum atomic E-state index is 13.0. The van der Waals surface area contributed by atoms with Crippen molar-refractivity contribution < 1.29 is 24.2 Å². The van der Waals surface area contributed by atoms with Crippen LogP contribution < -0.4 is 0 Å². The van der Waals surface area contributed by atoms with Crippen LogP contribution in [0, 0.1) is 0 Å². The summed E-state index contributed by atoms with van der Waals surface area (Å²) >= 11 is 6.10. The van der Waals surface area contributed by atoms with Gasteiger partial charge in [0.25, 0.3) is 11.7 Å². The number of aryl methyl sites for hydroxylation is 1. The fourth-order valence-electron chi connectivity index (χ4n) is 3.71. The Morgan fingerprint density at radius 1 is 1.13 bits per heavy atom. The Morgan fingerprint density at radius 2 is 1.87 bits per heavy atom. The highest BCUT2D eigenvalue weighted by Crippen LogP contribution is 2.42. The van der Waals surface area contributed by atoms with Crippen molar-refractivity contribution >= 4 is 29.1 Å². The van der Waals surface area contributed by atoms with Crippen molar-refractivity contribution in [3.63, 3.8) is 0 Å². The fraction of sp³-hybridized carbons (Fsp3) is 0.167. The van der Waals surface area contributed by atoms with Gasteiger partial charge >= 0.3 is 0 Å². The number of carbonyl (C=O) groups is 2. The highest BCUT2D eigenvalue weighted by molar-refractivity contribution is 6.46. The summed E-state index contributed by atoms with van der Waals surface area (Å²) in [7, 11) is 0. The van der Waals surface area contributed by atoms with Gasteiger partial charge < -0.3 is 19.5 Å². The Kier molecular flexibility index (Phi) is 5.57. The molecule has 1 fully saturated rings. The largest absolute Gasteiger partial charge is 0.507 e. The standard InChI is InChI=1S/C24H20ClNO5/c1-2-14-5-7-15(8-6-14)22(28)20-21(16-9-10-19(27)18(25)12-16)26(24(30)23(20)29)13-17-4-3-11-31-17/h3-12,21,27-28H,2,13H2,1H3/b22-20-. The highest BCUT2D eigenvalue weighted by Gasteiger charge is 2.46. The first-order valence-corrected chi connectivity index (χ1v) is 10.2. The number of likely N-dealkylation sites (tertiary alicyclic amines) is 1. The second-order valence-corrected chi connectivity index (χ2v) is 7.67. The molecule has 0 saturated carbocycles. The Morgan fingerprint density at radius 3 is 2.48 bits per heavy atom. The lowest BCUT2D eigenvalue weighted by Gasteiger charge is -2.24. The van der Waals surface area contributed by atoms with Gasteiger partial charge in [0.2, 0.25) is 0 Å². The number of aliphatic hydroxyl groups is 1. The van der Waals surface area contributed by atoms with E-state index in [0.717, 1.165) is 12.0 Å². The number of phenols is 1. The molecule has 158 valence electrons. The summed E-state index contributed by atoms with van der Waals surface area (Å²) in [5.41, 5.74) is 1.96. The molecule has 3 aromatic rings. The van der Waals surface area contributed by atoms with Gasteiger partial charge in [-0.05, 0) is 41.8 Å². The van der Waals surface area contributed by atoms with E-state index in [1.165, 1.54) is 23.3 Å². The van der Waals surface area contributed by atoms with Gasteiger partial charge in [-0.2, -0.15) is 0 Å². The summed E-state index contributed by atoms with van der Waals surface area (Å²) in [6.45, 7) is 2.05. The monoisotopic (exact) mass is 437 g/mol. The SMILES string of the molecule is CCc1ccc(/C(O)=C2/C(=O)C(=O)N(Cc3ccco3)C2c2ccc(O)c(Cl)c2)cc1. The Hall–Kier alpha value is -3.51. The molecule has 1 atom stereocenters. The van der Waals surface area contributed by atoms with Crippen LogP contribution in [0.25, 0.3) is 5.76 Å². The van der Waals surface area contributed by atoms with E-state index in [4.69, 9.17) is 16.0 Å². The second-order valence-electron chi connectivity index (χ2n) is 7.27. The first-order chi connectivity index (χ1) is 14.9. The molecule has 0 bridgehead atoms.